The Morgan fingerprint density at radius 2 is 2.20 bits per heavy atom. The van der Waals surface area contributed by atoms with Crippen molar-refractivity contribution in [1.82, 2.24) is 10.2 Å². The van der Waals surface area contributed by atoms with Crippen LogP contribution in [0, 0.1) is 5.92 Å². The Balaban J connectivity index is 0.00000112. The van der Waals surface area contributed by atoms with Crippen LogP contribution in [0.15, 0.2) is 0 Å². The fraction of sp³-hybridized carbons (Fsp3) is 0.900. The number of hydrogen-bond acceptors (Lipinski definition) is 3. The molecule has 88 valence electrons. The van der Waals surface area contributed by atoms with E-state index in [1.807, 2.05) is 4.90 Å². The molecule has 0 aromatic heterocycles. The van der Waals surface area contributed by atoms with E-state index >= 15 is 0 Å². The lowest BCUT2D eigenvalue weighted by Crippen LogP contribution is -2.43. The maximum absolute atomic E-state index is 12.0. The lowest BCUT2D eigenvalue weighted by Gasteiger charge is -2.25. The van der Waals surface area contributed by atoms with Gasteiger partial charge in [0.05, 0.1) is 5.92 Å². The van der Waals surface area contributed by atoms with Gasteiger partial charge in [-0.1, -0.05) is 0 Å². The summed E-state index contributed by atoms with van der Waals surface area (Å²) in [6.07, 6.45) is 1.93. The van der Waals surface area contributed by atoms with Crippen LogP contribution in [0.1, 0.15) is 19.8 Å². The van der Waals surface area contributed by atoms with Crippen molar-refractivity contribution in [3.63, 3.8) is 0 Å². The molecule has 0 spiro atoms. The molecule has 2 fully saturated rings. The van der Waals surface area contributed by atoms with E-state index in [4.69, 9.17) is 5.73 Å². The topological polar surface area (TPSA) is 58.4 Å². The van der Waals surface area contributed by atoms with Gasteiger partial charge in [-0.05, 0) is 26.3 Å². The van der Waals surface area contributed by atoms with Crippen LogP contribution in [0.4, 0.5) is 0 Å². The largest absolute Gasteiger partial charge is 0.338 e. The van der Waals surface area contributed by atoms with E-state index in [0.29, 0.717) is 5.91 Å². The third-order valence-corrected chi connectivity index (χ3v) is 3.51. The number of amides is 1. The van der Waals surface area contributed by atoms with Gasteiger partial charge in [0.15, 0.2) is 0 Å². The average molecular weight is 234 g/mol. The maximum atomic E-state index is 12.0. The second-order valence-electron chi connectivity index (χ2n) is 4.41. The van der Waals surface area contributed by atoms with E-state index in [2.05, 4.69) is 12.2 Å². The smallest absolute Gasteiger partial charge is 0.227 e. The van der Waals surface area contributed by atoms with Crippen LogP contribution in [0.25, 0.3) is 0 Å². The Hall–Kier alpha value is -0.320. The monoisotopic (exact) mass is 233 g/mol. The van der Waals surface area contributed by atoms with Gasteiger partial charge in [0.2, 0.25) is 5.91 Å². The Bertz CT molecular complexity index is 231. The predicted molar refractivity (Wildman–Crippen MR) is 62.0 cm³/mol. The van der Waals surface area contributed by atoms with Crippen molar-refractivity contribution in [2.24, 2.45) is 11.7 Å². The highest BCUT2D eigenvalue weighted by Gasteiger charge is 2.35. The zero-order valence-corrected chi connectivity index (χ0v) is 9.93. The summed E-state index contributed by atoms with van der Waals surface area (Å²) < 4.78 is 0. The Morgan fingerprint density at radius 1 is 1.47 bits per heavy atom. The van der Waals surface area contributed by atoms with Crippen molar-refractivity contribution >= 4 is 18.3 Å². The first-order chi connectivity index (χ1) is 6.70. The molecule has 5 heteroatoms. The highest BCUT2D eigenvalue weighted by molar-refractivity contribution is 5.85. The molecule has 2 saturated heterocycles. The molecule has 2 aliphatic rings. The van der Waals surface area contributed by atoms with Gasteiger partial charge in [-0.25, -0.2) is 0 Å². The summed E-state index contributed by atoms with van der Waals surface area (Å²) in [7, 11) is 0. The molecule has 0 aliphatic carbocycles. The van der Waals surface area contributed by atoms with E-state index in [0.717, 1.165) is 32.5 Å². The first-order valence-electron chi connectivity index (χ1n) is 5.47. The Kier molecular flexibility index (Phi) is 4.37. The lowest BCUT2D eigenvalue weighted by molar-refractivity contribution is -0.135. The fourth-order valence-corrected chi connectivity index (χ4v) is 2.37. The van der Waals surface area contributed by atoms with E-state index in [1.54, 1.807) is 0 Å². The van der Waals surface area contributed by atoms with Gasteiger partial charge in [-0.3, -0.25) is 4.79 Å². The predicted octanol–water partition coefficient (Wildman–Crippen LogP) is -0.0342. The quantitative estimate of drug-likeness (QED) is 0.669. The van der Waals surface area contributed by atoms with E-state index < -0.39 is 0 Å². The summed E-state index contributed by atoms with van der Waals surface area (Å²) in [6.45, 7) is 4.72. The first kappa shape index (κ1) is 12.7. The number of likely N-dealkylation sites (tertiary alicyclic amines) is 1. The van der Waals surface area contributed by atoms with E-state index in [9.17, 15) is 4.79 Å². The Labute approximate surface area is 97.0 Å². The Morgan fingerprint density at radius 3 is 2.67 bits per heavy atom. The molecule has 1 amide bonds. The molecular formula is C10H20ClN3O. The molecule has 0 aromatic rings. The van der Waals surface area contributed by atoms with Gasteiger partial charge in [0.1, 0.15) is 0 Å². The molecule has 2 unspecified atom stereocenters. The highest BCUT2D eigenvalue weighted by atomic mass is 35.5. The highest BCUT2D eigenvalue weighted by Crippen LogP contribution is 2.20. The SMILES string of the molecule is CC1C(N)CCN1C(=O)[C@@H]1CCNC1.Cl. The van der Waals surface area contributed by atoms with Crippen LogP contribution in [0.5, 0.6) is 0 Å². The molecule has 0 aromatic carbocycles. The molecule has 0 radical (unpaired) electrons. The number of carbonyl (C=O) groups excluding carboxylic acids is 1. The van der Waals surface area contributed by atoms with E-state index in [1.165, 1.54) is 0 Å². The van der Waals surface area contributed by atoms with Crippen LogP contribution < -0.4 is 11.1 Å². The van der Waals surface area contributed by atoms with Gasteiger partial charge in [0.25, 0.3) is 0 Å². The number of halogens is 1. The second-order valence-corrected chi connectivity index (χ2v) is 4.41. The van der Waals surface area contributed by atoms with Gasteiger partial charge >= 0.3 is 0 Å². The van der Waals surface area contributed by atoms with Crippen molar-refractivity contribution in [1.29, 1.82) is 0 Å². The van der Waals surface area contributed by atoms with Crippen LogP contribution in [-0.4, -0.2) is 42.5 Å². The second kappa shape index (κ2) is 5.14. The number of hydrogen-bond donors (Lipinski definition) is 2. The van der Waals surface area contributed by atoms with Gasteiger partial charge < -0.3 is 16.0 Å². The minimum atomic E-state index is 0. The summed E-state index contributed by atoms with van der Waals surface area (Å²) in [5, 5.41) is 3.22. The van der Waals surface area contributed by atoms with Gasteiger partial charge in [0, 0.05) is 25.2 Å². The molecular weight excluding hydrogens is 214 g/mol. The van der Waals surface area contributed by atoms with Crippen molar-refractivity contribution in [2.45, 2.75) is 31.8 Å². The zero-order valence-electron chi connectivity index (χ0n) is 9.11. The third-order valence-electron chi connectivity index (χ3n) is 3.51. The first-order valence-corrected chi connectivity index (χ1v) is 5.47. The molecule has 0 saturated carbocycles. The minimum Gasteiger partial charge on any atom is -0.338 e. The van der Waals surface area contributed by atoms with Gasteiger partial charge in [-0.2, -0.15) is 0 Å². The molecule has 0 bridgehead atoms. The number of nitrogens with zero attached hydrogens (tertiary/aromatic N) is 1. The normalized spacial score (nSPS) is 35.3. The number of nitrogens with two attached hydrogens (primary N) is 1. The van der Waals surface area contributed by atoms with Crippen LogP contribution in [0.3, 0.4) is 0 Å². The lowest BCUT2D eigenvalue weighted by atomic mass is 10.1. The third kappa shape index (κ3) is 2.44. The molecule has 3 atom stereocenters. The van der Waals surface area contributed by atoms with Crippen molar-refractivity contribution in [3.05, 3.63) is 0 Å². The number of carbonyl (C=O) groups is 1. The van der Waals surface area contributed by atoms with Crippen LogP contribution in [-0.2, 0) is 4.79 Å². The van der Waals surface area contributed by atoms with Crippen molar-refractivity contribution in [3.8, 4) is 0 Å². The fourth-order valence-electron chi connectivity index (χ4n) is 2.37. The summed E-state index contributed by atoms with van der Waals surface area (Å²) >= 11 is 0. The minimum absolute atomic E-state index is 0. The molecule has 3 N–H and O–H groups in total. The summed E-state index contributed by atoms with van der Waals surface area (Å²) in [4.78, 5) is 14.0. The van der Waals surface area contributed by atoms with E-state index in [-0.39, 0.29) is 30.4 Å². The number of rotatable bonds is 1. The summed E-state index contributed by atoms with van der Waals surface area (Å²) in [5.74, 6) is 0.498. The molecule has 4 nitrogen and oxygen atoms in total. The summed E-state index contributed by atoms with van der Waals surface area (Å²) in [5.41, 5.74) is 5.90. The van der Waals surface area contributed by atoms with Crippen molar-refractivity contribution < 1.29 is 4.79 Å². The maximum Gasteiger partial charge on any atom is 0.227 e. The molecule has 2 heterocycles. The van der Waals surface area contributed by atoms with Crippen molar-refractivity contribution in [2.75, 3.05) is 19.6 Å². The van der Waals surface area contributed by atoms with Gasteiger partial charge in [-0.15, -0.1) is 12.4 Å². The van der Waals surface area contributed by atoms with Crippen LogP contribution >= 0.6 is 12.4 Å². The molecule has 2 aliphatic heterocycles. The molecule has 2 rings (SSSR count). The zero-order chi connectivity index (χ0) is 10.1. The van der Waals surface area contributed by atoms with Crippen LogP contribution in [0.2, 0.25) is 0 Å². The summed E-state index contributed by atoms with van der Waals surface area (Å²) in [6, 6.07) is 0.399. The average Bonchev–Trinajstić information content (AvgIpc) is 2.77. The molecule has 15 heavy (non-hydrogen) atoms. The number of nitrogens with one attached hydrogen (secondary N) is 1. The standard InChI is InChI=1S/C10H19N3O.ClH/c1-7-9(11)3-5-13(7)10(14)8-2-4-12-6-8;/h7-9,12H,2-6,11H2,1H3;1H/t7?,8-,9?;/m1./s1.